The van der Waals surface area contributed by atoms with E-state index in [2.05, 4.69) is 13.8 Å². The van der Waals surface area contributed by atoms with Crippen molar-refractivity contribution in [1.82, 2.24) is 0 Å². The summed E-state index contributed by atoms with van der Waals surface area (Å²) in [5.74, 6) is 4.00. The highest BCUT2D eigenvalue weighted by Gasteiger charge is 2.46. The van der Waals surface area contributed by atoms with Gasteiger partial charge in [0.2, 0.25) is 0 Å². The molecule has 2 rings (SSSR count). The fourth-order valence-corrected chi connectivity index (χ4v) is 3.35. The van der Waals surface area contributed by atoms with Crippen molar-refractivity contribution in [2.24, 2.45) is 23.7 Å². The van der Waals surface area contributed by atoms with E-state index in [-0.39, 0.29) is 0 Å². The number of hydrogen-bond donors (Lipinski definition) is 0. The van der Waals surface area contributed by atoms with E-state index < -0.39 is 0 Å². The fraction of sp³-hybridized carbons (Fsp3) is 1.00. The van der Waals surface area contributed by atoms with Gasteiger partial charge in [-0.15, -0.1) is 0 Å². The quantitative estimate of drug-likeness (QED) is 0.649. The van der Waals surface area contributed by atoms with Gasteiger partial charge in [-0.3, -0.25) is 0 Å². The monoisotopic (exact) mass is 182 g/mol. The van der Waals surface area contributed by atoms with Crippen molar-refractivity contribution in [3.8, 4) is 0 Å². The first-order chi connectivity index (χ1) is 6.36. The van der Waals surface area contributed by atoms with Gasteiger partial charge in [0.25, 0.3) is 0 Å². The van der Waals surface area contributed by atoms with E-state index in [1.165, 1.54) is 25.7 Å². The number of rotatable bonds is 4. The summed E-state index contributed by atoms with van der Waals surface area (Å²) in [5.41, 5.74) is 0. The second-order valence-electron chi connectivity index (χ2n) is 4.73. The van der Waals surface area contributed by atoms with E-state index in [1.54, 1.807) is 0 Å². The zero-order chi connectivity index (χ0) is 9.26. The lowest BCUT2D eigenvalue weighted by molar-refractivity contribution is 0.0519. The molecule has 2 aliphatic carbocycles. The highest BCUT2D eigenvalue weighted by Crippen LogP contribution is 2.54. The van der Waals surface area contributed by atoms with Crippen molar-refractivity contribution < 1.29 is 4.74 Å². The molecule has 0 aromatic heterocycles. The molecule has 0 radical (unpaired) electrons. The van der Waals surface area contributed by atoms with E-state index in [1.807, 2.05) is 0 Å². The Morgan fingerprint density at radius 3 is 2.62 bits per heavy atom. The van der Waals surface area contributed by atoms with Gasteiger partial charge in [0, 0.05) is 13.2 Å². The van der Waals surface area contributed by atoms with Gasteiger partial charge in [-0.2, -0.15) is 0 Å². The van der Waals surface area contributed by atoms with Crippen molar-refractivity contribution in [2.75, 3.05) is 13.2 Å². The molecule has 0 N–H and O–H groups in total. The summed E-state index contributed by atoms with van der Waals surface area (Å²) < 4.78 is 5.60. The molecule has 1 nitrogen and oxygen atoms in total. The first kappa shape index (κ1) is 9.51. The average Bonchev–Trinajstić information content (AvgIpc) is 2.34. The summed E-state index contributed by atoms with van der Waals surface area (Å²) in [6.07, 6.45) is 5.85. The molecule has 4 atom stereocenters. The molecule has 0 heterocycles. The minimum atomic E-state index is 0.893. The van der Waals surface area contributed by atoms with Crippen LogP contribution in [0.3, 0.4) is 0 Å². The molecule has 1 heteroatoms. The van der Waals surface area contributed by atoms with E-state index in [9.17, 15) is 0 Å². The largest absolute Gasteiger partial charge is 0.381 e. The maximum absolute atomic E-state index is 5.60. The van der Waals surface area contributed by atoms with Crippen LogP contribution in [0.15, 0.2) is 0 Å². The van der Waals surface area contributed by atoms with Crippen LogP contribution in [0.1, 0.15) is 39.5 Å². The third-order valence-electron chi connectivity index (χ3n) is 4.28. The zero-order valence-corrected chi connectivity index (χ0v) is 8.96. The van der Waals surface area contributed by atoms with Crippen LogP contribution in [-0.2, 0) is 4.74 Å². The summed E-state index contributed by atoms with van der Waals surface area (Å²) in [4.78, 5) is 0. The smallest absolute Gasteiger partial charge is 0.0499 e. The Morgan fingerprint density at radius 2 is 2.08 bits per heavy atom. The summed E-state index contributed by atoms with van der Waals surface area (Å²) in [5, 5.41) is 0. The van der Waals surface area contributed by atoms with Gasteiger partial charge in [-0.1, -0.05) is 13.3 Å². The molecule has 2 saturated carbocycles. The third-order valence-corrected chi connectivity index (χ3v) is 4.28. The lowest BCUT2D eigenvalue weighted by Crippen LogP contribution is -2.28. The fourth-order valence-electron chi connectivity index (χ4n) is 3.35. The molecular formula is C12H22O. The van der Waals surface area contributed by atoms with Gasteiger partial charge in [-0.25, -0.2) is 0 Å². The van der Waals surface area contributed by atoms with E-state index >= 15 is 0 Å². The SMILES string of the molecule is CCOCC1C(CC)CC2CCC21. The summed E-state index contributed by atoms with van der Waals surface area (Å²) in [7, 11) is 0. The van der Waals surface area contributed by atoms with Crippen molar-refractivity contribution in [1.29, 1.82) is 0 Å². The standard InChI is InChI=1S/C12H22O/c1-3-9-7-10-5-6-11(10)12(9)8-13-4-2/h9-12H,3-8H2,1-2H3. The number of hydrogen-bond acceptors (Lipinski definition) is 1. The van der Waals surface area contributed by atoms with Gasteiger partial charge in [-0.05, 0) is 49.9 Å². The Morgan fingerprint density at radius 1 is 1.23 bits per heavy atom. The predicted octanol–water partition coefficient (Wildman–Crippen LogP) is 3.10. The molecule has 76 valence electrons. The molecule has 0 aromatic rings. The van der Waals surface area contributed by atoms with Gasteiger partial charge in [0.15, 0.2) is 0 Å². The first-order valence-corrected chi connectivity index (χ1v) is 5.94. The Bertz CT molecular complexity index is 167. The zero-order valence-electron chi connectivity index (χ0n) is 8.96. The first-order valence-electron chi connectivity index (χ1n) is 5.94. The van der Waals surface area contributed by atoms with Crippen molar-refractivity contribution in [2.45, 2.75) is 39.5 Å². The molecule has 0 spiro atoms. The van der Waals surface area contributed by atoms with Crippen LogP contribution in [0, 0.1) is 23.7 Å². The van der Waals surface area contributed by atoms with Crippen LogP contribution in [-0.4, -0.2) is 13.2 Å². The van der Waals surface area contributed by atoms with Crippen LogP contribution >= 0.6 is 0 Å². The maximum Gasteiger partial charge on any atom is 0.0499 e. The molecule has 2 aliphatic rings. The second kappa shape index (κ2) is 4.00. The van der Waals surface area contributed by atoms with E-state index in [0.717, 1.165) is 36.9 Å². The van der Waals surface area contributed by atoms with Crippen LogP contribution in [0.25, 0.3) is 0 Å². The predicted molar refractivity (Wildman–Crippen MR) is 54.6 cm³/mol. The topological polar surface area (TPSA) is 9.23 Å². The lowest BCUT2D eigenvalue weighted by atomic mass is 9.72. The minimum Gasteiger partial charge on any atom is -0.381 e. The van der Waals surface area contributed by atoms with Gasteiger partial charge < -0.3 is 4.74 Å². The van der Waals surface area contributed by atoms with Crippen LogP contribution in [0.4, 0.5) is 0 Å². The summed E-state index contributed by atoms with van der Waals surface area (Å²) in [6.45, 7) is 6.38. The highest BCUT2D eigenvalue weighted by atomic mass is 16.5. The maximum atomic E-state index is 5.60. The van der Waals surface area contributed by atoms with Gasteiger partial charge >= 0.3 is 0 Å². The summed E-state index contributed by atoms with van der Waals surface area (Å²) >= 11 is 0. The van der Waals surface area contributed by atoms with Crippen LogP contribution in [0.2, 0.25) is 0 Å². The molecule has 0 bridgehead atoms. The molecule has 4 unspecified atom stereocenters. The molecule has 0 amide bonds. The average molecular weight is 182 g/mol. The molecule has 13 heavy (non-hydrogen) atoms. The van der Waals surface area contributed by atoms with Crippen molar-refractivity contribution >= 4 is 0 Å². The number of fused-ring (bicyclic) bond motifs is 1. The molecule has 2 fully saturated rings. The van der Waals surface area contributed by atoms with Crippen LogP contribution in [0.5, 0.6) is 0 Å². The van der Waals surface area contributed by atoms with Gasteiger partial charge in [0.1, 0.15) is 0 Å². The highest BCUT2D eigenvalue weighted by molar-refractivity contribution is 4.96. The molecular weight excluding hydrogens is 160 g/mol. The van der Waals surface area contributed by atoms with Crippen molar-refractivity contribution in [3.63, 3.8) is 0 Å². The van der Waals surface area contributed by atoms with E-state index in [4.69, 9.17) is 4.74 Å². The van der Waals surface area contributed by atoms with Gasteiger partial charge in [0.05, 0.1) is 0 Å². The van der Waals surface area contributed by atoms with Crippen molar-refractivity contribution in [3.05, 3.63) is 0 Å². The minimum absolute atomic E-state index is 0.893. The third kappa shape index (κ3) is 1.63. The Balaban J connectivity index is 1.89. The molecule has 0 aliphatic heterocycles. The Labute approximate surface area is 81.9 Å². The molecule has 0 saturated heterocycles. The molecule has 0 aromatic carbocycles. The van der Waals surface area contributed by atoms with Crippen LogP contribution < -0.4 is 0 Å². The van der Waals surface area contributed by atoms with E-state index in [0.29, 0.717) is 0 Å². The Hall–Kier alpha value is -0.0400. The Kier molecular flexibility index (Phi) is 2.92. The second-order valence-corrected chi connectivity index (χ2v) is 4.73. The normalized spacial score (nSPS) is 42.9. The summed E-state index contributed by atoms with van der Waals surface area (Å²) in [6, 6.07) is 0. The number of ether oxygens (including phenoxy) is 1. The lowest BCUT2D eigenvalue weighted by Gasteiger charge is -2.34.